The minimum absolute atomic E-state index is 0.0643. The van der Waals surface area contributed by atoms with Gasteiger partial charge < -0.3 is 9.16 Å². The predicted molar refractivity (Wildman–Crippen MR) is 143 cm³/mol. The summed E-state index contributed by atoms with van der Waals surface area (Å²) in [5.74, 6) is 1.17. The summed E-state index contributed by atoms with van der Waals surface area (Å²) in [5.41, 5.74) is 1.12. The van der Waals surface area contributed by atoms with Crippen LogP contribution in [-0.2, 0) is 19.4 Å². The Balaban J connectivity index is 1.54. The summed E-state index contributed by atoms with van der Waals surface area (Å²) < 4.78 is 12.2. The average Bonchev–Trinajstić information content (AvgIpc) is 2.78. The molecule has 0 saturated heterocycles. The third-order valence-electron chi connectivity index (χ3n) is 6.66. The van der Waals surface area contributed by atoms with Crippen molar-refractivity contribution in [1.82, 2.24) is 0 Å². The Bertz CT molecular complexity index is 885. The van der Waals surface area contributed by atoms with Gasteiger partial charge in [0.25, 0.3) is 9.04 Å². The molecule has 0 spiro atoms. The van der Waals surface area contributed by atoms with E-state index in [1.54, 1.807) is 0 Å². The molecule has 3 nitrogen and oxygen atoms in total. The number of hydrogen-bond acceptors (Lipinski definition) is 3. The summed E-state index contributed by atoms with van der Waals surface area (Å²) in [6.07, 6.45) is 6.23. The summed E-state index contributed by atoms with van der Waals surface area (Å²) in [7, 11) is -1.27. The van der Waals surface area contributed by atoms with Crippen LogP contribution in [0.4, 0.5) is 0 Å². The molecule has 0 aliphatic heterocycles. The largest absolute Gasteiger partial charge is 0.460 e. The summed E-state index contributed by atoms with van der Waals surface area (Å²) >= 11 is 0. The molecule has 4 heteroatoms. The zero-order valence-corrected chi connectivity index (χ0v) is 23.0. The molecule has 1 aliphatic carbocycles. The minimum Gasteiger partial charge on any atom is -0.460 e. The van der Waals surface area contributed by atoms with Crippen LogP contribution in [0.2, 0.25) is 0 Å². The molecule has 1 fully saturated rings. The zero-order valence-electron chi connectivity index (χ0n) is 22.0. The standard InChI is InChI=1S/C30H43O3Si/c1-29(2,3)25-17-19-27(20-18-25)34(26-10-8-7-9-11-26)32-22-24-14-12-23(13-15-24)16-21-28(31)33-30(4,5)6/h7-11,17-20,23-24H,12-16,21-22H2,1-6H3. The van der Waals surface area contributed by atoms with Crippen molar-refractivity contribution in [3.05, 3.63) is 60.2 Å². The zero-order chi connectivity index (χ0) is 24.8. The number of benzene rings is 2. The summed E-state index contributed by atoms with van der Waals surface area (Å²) in [4.78, 5) is 12.0. The molecule has 3 rings (SSSR count). The topological polar surface area (TPSA) is 35.5 Å². The van der Waals surface area contributed by atoms with Gasteiger partial charge in [0.2, 0.25) is 0 Å². The Morgan fingerprint density at radius 3 is 1.94 bits per heavy atom. The van der Waals surface area contributed by atoms with E-state index >= 15 is 0 Å². The Kier molecular flexibility index (Phi) is 9.17. The van der Waals surface area contributed by atoms with Crippen molar-refractivity contribution in [3.63, 3.8) is 0 Å². The maximum Gasteiger partial charge on any atom is 0.306 e. The highest BCUT2D eigenvalue weighted by Crippen LogP contribution is 2.32. The van der Waals surface area contributed by atoms with E-state index in [1.807, 2.05) is 20.8 Å². The number of carbonyl (C=O) groups excluding carboxylic acids is 1. The van der Waals surface area contributed by atoms with Gasteiger partial charge in [0.1, 0.15) is 5.60 Å². The van der Waals surface area contributed by atoms with E-state index in [0.717, 1.165) is 13.0 Å². The lowest BCUT2D eigenvalue weighted by Gasteiger charge is -2.30. The maximum atomic E-state index is 12.0. The molecule has 185 valence electrons. The number of rotatable bonds is 8. The molecule has 0 N–H and O–H groups in total. The first-order valence-corrected chi connectivity index (χ1v) is 14.3. The number of carbonyl (C=O) groups is 1. The summed E-state index contributed by atoms with van der Waals surface area (Å²) in [6, 6.07) is 19.8. The van der Waals surface area contributed by atoms with Crippen LogP contribution in [0, 0.1) is 11.8 Å². The fourth-order valence-electron chi connectivity index (χ4n) is 4.65. The third kappa shape index (κ3) is 8.39. The molecule has 34 heavy (non-hydrogen) atoms. The van der Waals surface area contributed by atoms with Gasteiger partial charge in [-0.15, -0.1) is 0 Å². The van der Waals surface area contributed by atoms with Gasteiger partial charge >= 0.3 is 5.97 Å². The monoisotopic (exact) mass is 479 g/mol. The van der Waals surface area contributed by atoms with Crippen molar-refractivity contribution in [2.24, 2.45) is 11.8 Å². The van der Waals surface area contributed by atoms with Crippen LogP contribution in [0.25, 0.3) is 0 Å². The molecule has 2 aromatic rings. The second-order valence-electron chi connectivity index (χ2n) is 11.8. The van der Waals surface area contributed by atoms with Crippen LogP contribution in [0.1, 0.15) is 85.6 Å². The smallest absolute Gasteiger partial charge is 0.306 e. The first-order chi connectivity index (χ1) is 16.0. The molecule has 1 aliphatic rings. The fraction of sp³-hybridized carbons (Fsp3) is 0.567. The van der Waals surface area contributed by atoms with Crippen LogP contribution in [-0.4, -0.2) is 27.2 Å². The Hall–Kier alpha value is -1.91. The van der Waals surface area contributed by atoms with Crippen molar-refractivity contribution in [3.8, 4) is 0 Å². The molecule has 0 heterocycles. The second-order valence-corrected chi connectivity index (χ2v) is 13.9. The van der Waals surface area contributed by atoms with Crippen LogP contribution < -0.4 is 10.4 Å². The third-order valence-corrected chi connectivity index (χ3v) is 8.83. The van der Waals surface area contributed by atoms with E-state index in [-0.39, 0.29) is 11.4 Å². The van der Waals surface area contributed by atoms with Gasteiger partial charge in [-0.2, -0.15) is 0 Å². The molecule has 1 radical (unpaired) electrons. The molecule has 0 unspecified atom stereocenters. The van der Waals surface area contributed by atoms with E-state index in [0.29, 0.717) is 18.3 Å². The molecular weight excluding hydrogens is 436 g/mol. The summed E-state index contributed by atoms with van der Waals surface area (Å²) in [5, 5.41) is 2.62. The first kappa shape index (κ1) is 26.7. The van der Waals surface area contributed by atoms with Crippen molar-refractivity contribution < 1.29 is 14.0 Å². The Morgan fingerprint density at radius 2 is 1.38 bits per heavy atom. The number of esters is 1. The minimum atomic E-state index is -1.27. The highest BCUT2D eigenvalue weighted by Gasteiger charge is 2.26. The van der Waals surface area contributed by atoms with E-state index < -0.39 is 14.6 Å². The fourth-order valence-corrected chi connectivity index (χ4v) is 6.68. The van der Waals surface area contributed by atoms with E-state index in [9.17, 15) is 4.79 Å². The predicted octanol–water partition coefficient (Wildman–Crippen LogP) is 6.03. The van der Waals surface area contributed by atoms with Gasteiger partial charge in [0, 0.05) is 13.0 Å². The van der Waals surface area contributed by atoms with Crippen LogP contribution in [0.5, 0.6) is 0 Å². The average molecular weight is 480 g/mol. The molecule has 0 bridgehead atoms. The summed E-state index contributed by atoms with van der Waals surface area (Å²) in [6.45, 7) is 13.4. The molecule has 0 aromatic heterocycles. The molecule has 0 atom stereocenters. The van der Waals surface area contributed by atoms with Crippen LogP contribution in [0.15, 0.2) is 54.6 Å². The van der Waals surface area contributed by atoms with Crippen LogP contribution in [0.3, 0.4) is 0 Å². The van der Waals surface area contributed by atoms with Gasteiger partial charge in [0.15, 0.2) is 0 Å². The maximum absolute atomic E-state index is 12.0. The molecule has 2 aromatic carbocycles. The lowest BCUT2D eigenvalue weighted by Crippen LogP contribution is -2.46. The van der Waals surface area contributed by atoms with Gasteiger partial charge in [-0.25, -0.2) is 0 Å². The lowest BCUT2D eigenvalue weighted by atomic mass is 9.80. The quantitative estimate of drug-likeness (QED) is 0.342. The molecule has 1 saturated carbocycles. The second kappa shape index (κ2) is 11.7. The van der Waals surface area contributed by atoms with Crippen molar-refractivity contribution in [1.29, 1.82) is 0 Å². The van der Waals surface area contributed by atoms with Gasteiger partial charge in [-0.1, -0.05) is 88.2 Å². The Labute approximate surface area is 209 Å². The normalized spacial score (nSPS) is 19.3. The van der Waals surface area contributed by atoms with E-state index in [1.165, 1.54) is 41.6 Å². The van der Waals surface area contributed by atoms with E-state index in [2.05, 4.69) is 75.4 Å². The van der Waals surface area contributed by atoms with Gasteiger partial charge in [-0.3, -0.25) is 4.79 Å². The van der Waals surface area contributed by atoms with Gasteiger partial charge in [-0.05, 0) is 73.2 Å². The van der Waals surface area contributed by atoms with Crippen molar-refractivity contribution in [2.45, 2.75) is 91.1 Å². The van der Waals surface area contributed by atoms with Crippen LogP contribution >= 0.6 is 0 Å². The van der Waals surface area contributed by atoms with E-state index in [4.69, 9.17) is 9.16 Å². The number of ether oxygens (including phenoxy) is 1. The van der Waals surface area contributed by atoms with Gasteiger partial charge in [0.05, 0.1) is 0 Å². The lowest BCUT2D eigenvalue weighted by molar-refractivity contribution is -0.155. The molecule has 0 amide bonds. The van der Waals surface area contributed by atoms with Crippen molar-refractivity contribution in [2.75, 3.05) is 6.61 Å². The Morgan fingerprint density at radius 1 is 0.824 bits per heavy atom. The number of hydrogen-bond donors (Lipinski definition) is 0. The SMILES string of the molecule is CC(C)(C)OC(=O)CCC1CCC(CO[Si](c2ccccc2)c2ccc(C(C)(C)C)cc2)CC1. The highest BCUT2D eigenvalue weighted by atomic mass is 28.3. The molecular formula is C30H43O3Si. The highest BCUT2D eigenvalue weighted by molar-refractivity contribution is 6.80. The van der Waals surface area contributed by atoms with Crippen molar-refractivity contribution >= 4 is 25.4 Å². The first-order valence-electron chi connectivity index (χ1n) is 12.9.